The van der Waals surface area contributed by atoms with E-state index >= 15 is 0 Å². The van der Waals surface area contributed by atoms with Crippen molar-refractivity contribution in [3.8, 4) is 44.5 Å². The van der Waals surface area contributed by atoms with Gasteiger partial charge in [0.15, 0.2) is 0 Å². The Morgan fingerprint density at radius 3 is 1.52 bits per heavy atom. The monoisotopic (exact) mass is 705 g/mol. The van der Waals surface area contributed by atoms with Crippen molar-refractivity contribution in [2.45, 2.75) is 0 Å². The second-order valence-electron chi connectivity index (χ2n) is 13.7. The summed E-state index contributed by atoms with van der Waals surface area (Å²) in [4.78, 5) is 2.35. The molecular weight excluding hydrogens is 671 g/mol. The molecule has 0 saturated carbocycles. The normalized spacial score (nSPS) is 11.3. The van der Waals surface area contributed by atoms with Crippen LogP contribution < -0.4 is 4.90 Å². The Morgan fingerprint density at radius 2 is 0.778 bits per heavy atom. The molecule has 0 fully saturated rings. The first-order valence-electron chi connectivity index (χ1n) is 18.4. The van der Waals surface area contributed by atoms with E-state index in [9.17, 15) is 0 Å². The Kier molecular flexibility index (Phi) is 8.09. The van der Waals surface area contributed by atoms with Crippen LogP contribution in [0, 0.1) is 0 Å². The lowest BCUT2D eigenvalue weighted by atomic mass is 9.97. The van der Waals surface area contributed by atoms with E-state index in [1.54, 1.807) is 0 Å². The number of hydrogen-bond acceptors (Lipinski definition) is 2. The zero-order chi connectivity index (χ0) is 35.8. The van der Waals surface area contributed by atoms with Crippen molar-refractivity contribution in [1.82, 2.24) is 0 Å². The predicted octanol–water partition coefficient (Wildman–Crippen LogP) is 15.3. The maximum absolute atomic E-state index is 2.35. The van der Waals surface area contributed by atoms with Crippen LogP contribution >= 0.6 is 11.3 Å². The van der Waals surface area contributed by atoms with Gasteiger partial charge in [-0.15, -0.1) is 11.3 Å². The minimum Gasteiger partial charge on any atom is -0.311 e. The van der Waals surface area contributed by atoms with Crippen LogP contribution in [0.4, 0.5) is 17.1 Å². The molecule has 0 bridgehead atoms. The Bertz CT molecular complexity index is 2900. The molecule has 0 aliphatic carbocycles. The topological polar surface area (TPSA) is 3.24 Å². The Hall–Kier alpha value is -6.74. The summed E-state index contributed by atoms with van der Waals surface area (Å²) < 4.78 is 2.67. The second-order valence-corrected chi connectivity index (χ2v) is 14.8. The Balaban J connectivity index is 1.02. The summed E-state index contributed by atoms with van der Waals surface area (Å²) in [7, 11) is 0. The van der Waals surface area contributed by atoms with Gasteiger partial charge < -0.3 is 4.90 Å². The summed E-state index contributed by atoms with van der Waals surface area (Å²) in [5.41, 5.74) is 13.1. The van der Waals surface area contributed by atoms with Crippen molar-refractivity contribution in [1.29, 1.82) is 0 Å². The molecule has 254 valence electrons. The number of thiophene rings is 1. The fraction of sp³-hybridized carbons (Fsp3) is 0. The summed E-state index contributed by atoms with van der Waals surface area (Å²) in [6, 6.07) is 77.0. The van der Waals surface area contributed by atoms with Crippen LogP contribution in [0.25, 0.3) is 75.5 Å². The van der Waals surface area contributed by atoms with Crippen LogP contribution in [-0.4, -0.2) is 0 Å². The Labute approximate surface area is 319 Å². The lowest BCUT2D eigenvalue weighted by Gasteiger charge is -2.26. The summed E-state index contributed by atoms with van der Waals surface area (Å²) in [5.74, 6) is 0. The minimum atomic E-state index is 1.11. The number of fused-ring (bicyclic) bond motifs is 4. The van der Waals surface area contributed by atoms with Gasteiger partial charge in [-0.1, -0.05) is 164 Å². The van der Waals surface area contributed by atoms with E-state index in [1.807, 2.05) is 11.3 Å². The highest BCUT2D eigenvalue weighted by Gasteiger charge is 2.15. The number of hydrogen-bond donors (Lipinski definition) is 0. The van der Waals surface area contributed by atoms with Crippen LogP contribution in [0.3, 0.4) is 0 Å². The van der Waals surface area contributed by atoms with Gasteiger partial charge >= 0.3 is 0 Å². The fourth-order valence-corrected chi connectivity index (χ4v) is 9.03. The number of rotatable bonds is 7. The molecular formula is C52H35NS. The highest BCUT2D eigenvalue weighted by Crippen LogP contribution is 2.42. The van der Waals surface area contributed by atoms with Crippen molar-refractivity contribution in [3.05, 3.63) is 212 Å². The van der Waals surface area contributed by atoms with Gasteiger partial charge in [-0.3, -0.25) is 0 Å². The van der Waals surface area contributed by atoms with E-state index in [-0.39, 0.29) is 0 Å². The molecule has 10 aromatic rings. The van der Waals surface area contributed by atoms with Gasteiger partial charge in [0.25, 0.3) is 0 Å². The minimum absolute atomic E-state index is 1.11. The van der Waals surface area contributed by atoms with E-state index in [4.69, 9.17) is 0 Å². The van der Waals surface area contributed by atoms with E-state index in [0.717, 1.165) is 17.1 Å². The van der Waals surface area contributed by atoms with E-state index in [2.05, 4.69) is 217 Å². The van der Waals surface area contributed by atoms with Gasteiger partial charge in [0.05, 0.1) is 0 Å². The van der Waals surface area contributed by atoms with Gasteiger partial charge in [-0.2, -0.15) is 0 Å². The smallest absolute Gasteiger partial charge is 0.0462 e. The first kappa shape index (κ1) is 32.0. The van der Waals surface area contributed by atoms with Crippen molar-refractivity contribution in [2.24, 2.45) is 0 Å². The van der Waals surface area contributed by atoms with E-state index in [1.165, 1.54) is 75.5 Å². The number of nitrogens with zero attached hydrogens (tertiary/aromatic N) is 1. The predicted molar refractivity (Wildman–Crippen MR) is 233 cm³/mol. The van der Waals surface area contributed by atoms with E-state index < -0.39 is 0 Å². The molecule has 0 amide bonds. The highest BCUT2D eigenvalue weighted by molar-refractivity contribution is 7.26. The molecule has 0 spiro atoms. The average Bonchev–Trinajstić information content (AvgIpc) is 3.64. The molecule has 1 heterocycles. The molecule has 9 aromatic carbocycles. The second kappa shape index (κ2) is 13.7. The molecule has 0 radical (unpaired) electrons. The molecule has 0 saturated heterocycles. The molecule has 10 rings (SSSR count). The third kappa shape index (κ3) is 5.84. The molecule has 54 heavy (non-hydrogen) atoms. The maximum Gasteiger partial charge on any atom is 0.0462 e. The Morgan fingerprint density at radius 1 is 0.296 bits per heavy atom. The van der Waals surface area contributed by atoms with Gasteiger partial charge in [0, 0.05) is 37.2 Å². The van der Waals surface area contributed by atoms with Crippen LogP contribution in [-0.2, 0) is 0 Å². The fourth-order valence-electron chi connectivity index (χ4n) is 7.79. The molecule has 1 nitrogen and oxygen atoms in total. The molecule has 0 N–H and O–H groups in total. The summed E-state index contributed by atoms with van der Waals surface area (Å²) in [5, 5.41) is 5.17. The highest BCUT2D eigenvalue weighted by atomic mass is 32.1. The summed E-state index contributed by atoms with van der Waals surface area (Å²) >= 11 is 1.88. The van der Waals surface area contributed by atoms with Gasteiger partial charge in [-0.25, -0.2) is 0 Å². The van der Waals surface area contributed by atoms with E-state index in [0.29, 0.717) is 0 Å². The SMILES string of the molecule is c1ccc(-c2ccc(N(c3ccc(-c4cccc(-c5cccc6c5sc5ccccc56)c4)cc3)c3ccc(-c4cccc5ccccc45)cc3)cc2)cc1. The maximum atomic E-state index is 2.35. The number of benzene rings is 9. The summed E-state index contributed by atoms with van der Waals surface area (Å²) in [6.45, 7) is 0. The molecule has 2 heteroatoms. The average molecular weight is 706 g/mol. The molecule has 1 aromatic heterocycles. The first-order chi connectivity index (χ1) is 26.8. The lowest BCUT2D eigenvalue weighted by Crippen LogP contribution is -2.09. The quantitative estimate of drug-likeness (QED) is 0.160. The van der Waals surface area contributed by atoms with Gasteiger partial charge in [-0.05, 0) is 104 Å². The van der Waals surface area contributed by atoms with Gasteiger partial charge in [0.1, 0.15) is 0 Å². The zero-order valence-electron chi connectivity index (χ0n) is 29.6. The zero-order valence-corrected chi connectivity index (χ0v) is 30.4. The largest absolute Gasteiger partial charge is 0.311 e. The molecule has 0 aliphatic heterocycles. The lowest BCUT2D eigenvalue weighted by molar-refractivity contribution is 1.28. The number of anilines is 3. The van der Waals surface area contributed by atoms with Crippen LogP contribution in [0.2, 0.25) is 0 Å². The van der Waals surface area contributed by atoms with Crippen molar-refractivity contribution in [2.75, 3.05) is 4.90 Å². The third-order valence-corrected chi connectivity index (χ3v) is 11.7. The molecule has 0 unspecified atom stereocenters. The summed E-state index contributed by atoms with van der Waals surface area (Å²) in [6.07, 6.45) is 0. The third-order valence-electron chi connectivity index (χ3n) is 10.5. The van der Waals surface area contributed by atoms with Crippen LogP contribution in [0.1, 0.15) is 0 Å². The van der Waals surface area contributed by atoms with Crippen LogP contribution in [0.5, 0.6) is 0 Å². The molecule has 0 atom stereocenters. The van der Waals surface area contributed by atoms with Gasteiger partial charge in [0.2, 0.25) is 0 Å². The molecule has 0 aliphatic rings. The van der Waals surface area contributed by atoms with Crippen molar-refractivity contribution >= 4 is 59.3 Å². The van der Waals surface area contributed by atoms with Crippen molar-refractivity contribution in [3.63, 3.8) is 0 Å². The standard InChI is InChI=1S/C52H35NS/c1-2-11-36(12-3-1)37-23-29-43(30-24-37)53(45-33-27-40(28-34-45)47-19-9-14-39-13-4-5-17-46(39)47)44-31-25-38(26-32-44)41-15-8-16-42(35-41)48-20-10-21-50-49-18-6-7-22-51(49)54-52(48)50/h1-35H. The van der Waals surface area contributed by atoms with Crippen LogP contribution in [0.15, 0.2) is 212 Å². The first-order valence-corrected chi connectivity index (χ1v) is 19.2. The van der Waals surface area contributed by atoms with Crippen molar-refractivity contribution < 1.29 is 0 Å².